The average molecular weight is 195 g/mol. The van der Waals surface area contributed by atoms with E-state index in [9.17, 15) is 0 Å². The standard InChI is InChI=1S/C10H17NOSi/c1-8-5-9(11)7-10(6-8)12-13(2,3)4/h5-7H,11H2,1-4H3. The first kappa shape index (κ1) is 10.1. The van der Waals surface area contributed by atoms with Crippen molar-refractivity contribution in [3.05, 3.63) is 23.8 Å². The molecule has 2 nitrogen and oxygen atoms in total. The second-order valence-corrected chi connectivity index (χ2v) is 8.72. The Morgan fingerprint density at radius 3 is 2.23 bits per heavy atom. The zero-order chi connectivity index (χ0) is 10.1. The van der Waals surface area contributed by atoms with Gasteiger partial charge >= 0.3 is 0 Å². The van der Waals surface area contributed by atoms with Crippen molar-refractivity contribution in [1.29, 1.82) is 0 Å². The largest absolute Gasteiger partial charge is 0.544 e. The fourth-order valence-corrected chi connectivity index (χ4v) is 2.01. The van der Waals surface area contributed by atoms with E-state index >= 15 is 0 Å². The van der Waals surface area contributed by atoms with Gasteiger partial charge in [0.05, 0.1) is 0 Å². The van der Waals surface area contributed by atoms with Crippen LogP contribution in [0.2, 0.25) is 19.6 Å². The molecule has 13 heavy (non-hydrogen) atoms. The van der Waals surface area contributed by atoms with E-state index in [0.717, 1.165) is 17.0 Å². The Bertz CT molecular complexity index is 284. The molecule has 72 valence electrons. The van der Waals surface area contributed by atoms with E-state index in [0.29, 0.717) is 0 Å². The Hall–Kier alpha value is -0.963. The summed E-state index contributed by atoms with van der Waals surface area (Å²) in [6, 6.07) is 5.84. The summed E-state index contributed by atoms with van der Waals surface area (Å²) in [7, 11) is -1.50. The van der Waals surface area contributed by atoms with E-state index in [4.69, 9.17) is 10.2 Å². The van der Waals surface area contributed by atoms with Crippen LogP contribution in [0.15, 0.2) is 18.2 Å². The lowest BCUT2D eigenvalue weighted by molar-refractivity contribution is 0.557. The van der Waals surface area contributed by atoms with Gasteiger partial charge in [0.2, 0.25) is 8.32 Å². The van der Waals surface area contributed by atoms with Gasteiger partial charge in [0.25, 0.3) is 0 Å². The van der Waals surface area contributed by atoms with Gasteiger partial charge in [0.1, 0.15) is 5.75 Å². The Kier molecular flexibility index (Phi) is 2.66. The van der Waals surface area contributed by atoms with Gasteiger partial charge in [-0.15, -0.1) is 0 Å². The maximum atomic E-state index is 5.82. The van der Waals surface area contributed by atoms with E-state index < -0.39 is 8.32 Å². The maximum Gasteiger partial charge on any atom is 0.242 e. The minimum atomic E-state index is -1.50. The fourth-order valence-electron chi connectivity index (χ4n) is 1.19. The van der Waals surface area contributed by atoms with Gasteiger partial charge in [0.15, 0.2) is 0 Å². The average Bonchev–Trinajstić information content (AvgIpc) is 1.78. The third kappa shape index (κ3) is 3.50. The van der Waals surface area contributed by atoms with Crippen molar-refractivity contribution in [2.45, 2.75) is 26.6 Å². The molecule has 0 radical (unpaired) electrons. The fraction of sp³-hybridized carbons (Fsp3) is 0.400. The number of hydrogen-bond acceptors (Lipinski definition) is 2. The van der Waals surface area contributed by atoms with Crippen molar-refractivity contribution in [3.63, 3.8) is 0 Å². The van der Waals surface area contributed by atoms with Crippen molar-refractivity contribution in [2.24, 2.45) is 0 Å². The zero-order valence-corrected chi connectivity index (χ0v) is 9.72. The molecular formula is C10H17NOSi. The molecule has 0 heterocycles. The quantitative estimate of drug-likeness (QED) is 0.582. The van der Waals surface area contributed by atoms with Gasteiger partial charge in [-0.25, -0.2) is 0 Å². The molecule has 1 aromatic rings. The van der Waals surface area contributed by atoms with Crippen LogP contribution in [-0.4, -0.2) is 8.32 Å². The van der Waals surface area contributed by atoms with Crippen LogP contribution in [-0.2, 0) is 0 Å². The van der Waals surface area contributed by atoms with E-state index in [1.807, 2.05) is 25.1 Å². The van der Waals surface area contributed by atoms with Crippen LogP contribution in [0.5, 0.6) is 5.75 Å². The molecule has 0 aliphatic rings. The minimum Gasteiger partial charge on any atom is -0.544 e. The smallest absolute Gasteiger partial charge is 0.242 e. The predicted octanol–water partition coefficient (Wildman–Crippen LogP) is 2.79. The summed E-state index contributed by atoms with van der Waals surface area (Å²) in [5, 5.41) is 0. The monoisotopic (exact) mass is 195 g/mol. The molecule has 2 N–H and O–H groups in total. The normalized spacial score (nSPS) is 11.4. The molecule has 0 aliphatic carbocycles. The lowest BCUT2D eigenvalue weighted by Gasteiger charge is -2.19. The third-order valence-electron chi connectivity index (χ3n) is 1.50. The molecule has 1 rings (SSSR count). The lowest BCUT2D eigenvalue weighted by Crippen LogP contribution is -2.29. The molecule has 0 unspecified atom stereocenters. The topological polar surface area (TPSA) is 35.2 Å². The number of rotatable bonds is 2. The second-order valence-electron chi connectivity index (χ2n) is 4.29. The summed E-state index contributed by atoms with van der Waals surface area (Å²) in [4.78, 5) is 0. The van der Waals surface area contributed by atoms with Gasteiger partial charge < -0.3 is 10.2 Å². The Balaban J connectivity index is 2.90. The van der Waals surface area contributed by atoms with Crippen LogP contribution in [0.4, 0.5) is 5.69 Å². The molecule has 0 bridgehead atoms. The maximum absolute atomic E-state index is 5.82. The number of anilines is 1. The van der Waals surface area contributed by atoms with E-state index in [1.165, 1.54) is 0 Å². The summed E-state index contributed by atoms with van der Waals surface area (Å²) >= 11 is 0. The number of nitrogens with two attached hydrogens (primary N) is 1. The summed E-state index contributed by atoms with van der Waals surface area (Å²) < 4.78 is 5.82. The number of hydrogen-bond donors (Lipinski definition) is 1. The molecule has 0 aliphatic heterocycles. The Morgan fingerprint density at radius 1 is 1.15 bits per heavy atom. The summed E-state index contributed by atoms with van der Waals surface area (Å²) in [5.41, 5.74) is 7.63. The Morgan fingerprint density at radius 2 is 1.77 bits per heavy atom. The highest BCUT2D eigenvalue weighted by molar-refractivity contribution is 6.70. The van der Waals surface area contributed by atoms with Crippen LogP contribution >= 0.6 is 0 Å². The predicted molar refractivity (Wildman–Crippen MR) is 59.6 cm³/mol. The number of aryl methyl sites for hydroxylation is 1. The summed E-state index contributed by atoms with van der Waals surface area (Å²) in [6.45, 7) is 8.50. The van der Waals surface area contributed by atoms with Crippen LogP contribution in [0.3, 0.4) is 0 Å². The lowest BCUT2D eigenvalue weighted by atomic mass is 10.2. The summed E-state index contributed by atoms with van der Waals surface area (Å²) in [5.74, 6) is 0.900. The highest BCUT2D eigenvalue weighted by atomic mass is 28.4. The van der Waals surface area contributed by atoms with Gasteiger partial charge in [-0.05, 0) is 44.3 Å². The molecule has 0 fully saturated rings. The molecule has 0 aromatic heterocycles. The van der Waals surface area contributed by atoms with Crippen molar-refractivity contribution in [1.82, 2.24) is 0 Å². The molecule has 0 spiro atoms. The van der Waals surface area contributed by atoms with Crippen molar-refractivity contribution in [2.75, 3.05) is 5.73 Å². The van der Waals surface area contributed by atoms with E-state index in [-0.39, 0.29) is 0 Å². The minimum absolute atomic E-state index is 0.772. The van der Waals surface area contributed by atoms with Gasteiger partial charge in [-0.2, -0.15) is 0 Å². The summed E-state index contributed by atoms with van der Waals surface area (Å²) in [6.07, 6.45) is 0. The van der Waals surface area contributed by atoms with Crippen molar-refractivity contribution >= 4 is 14.0 Å². The van der Waals surface area contributed by atoms with Gasteiger partial charge in [-0.3, -0.25) is 0 Å². The number of nitrogen functional groups attached to an aromatic ring is 1. The van der Waals surface area contributed by atoms with Crippen LogP contribution in [0.1, 0.15) is 5.56 Å². The third-order valence-corrected chi connectivity index (χ3v) is 2.35. The van der Waals surface area contributed by atoms with Crippen LogP contribution in [0.25, 0.3) is 0 Å². The molecule has 0 amide bonds. The van der Waals surface area contributed by atoms with E-state index in [1.54, 1.807) is 0 Å². The first-order valence-electron chi connectivity index (χ1n) is 4.43. The van der Waals surface area contributed by atoms with Crippen LogP contribution in [0, 0.1) is 6.92 Å². The molecule has 0 saturated heterocycles. The molecule has 1 aromatic carbocycles. The van der Waals surface area contributed by atoms with Gasteiger partial charge in [-0.1, -0.05) is 0 Å². The first-order valence-corrected chi connectivity index (χ1v) is 7.84. The van der Waals surface area contributed by atoms with Crippen LogP contribution < -0.4 is 10.2 Å². The van der Waals surface area contributed by atoms with Crippen molar-refractivity contribution in [3.8, 4) is 5.75 Å². The molecule has 0 saturated carbocycles. The first-order chi connectivity index (χ1) is 5.87. The molecule has 0 atom stereocenters. The second kappa shape index (κ2) is 3.42. The zero-order valence-electron chi connectivity index (χ0n) is 8.72. The van der Waals surface area contributed by atoms with E-state index in [2.05, 4.69) is 19.6 Å². The van der Waals surface area contributed by atoms with Crippen molar-refractivity contribution < 1.29 is 4.43 Å². The number of benzene rings is 1. The molecular weight excluding hydrogens is 178 g/mol. The highest BCUT2D eigenvalue weighted by Gasteiger charge is 2.16. The Labute approximate surface area is 80.8 Å². The SMILES string of the molecule is Cc1cc(N)cc(O[Si](C)(C)C)c1. The molecule has 3 heteroatoms. The van der Waals surface area contributed by atoms with Gasteiger partial charge in [0, 0.05) is 11.8 Å². The highest BCUT2D eigenvalue weighted by Crippen LogP contribution is 2.21.